The van der Waals surface area contributed by atoms with Gasteiger partial charge in [0.1, 0.15) is 6.10 Å². The molecule has 198 valence electrons. The third kappa shape index (κ3) is 2.92. The number of aliphatic hydroxyl groups is 1. The number of piperidine rings is 1. The maximum Gasteiger partial charge on any atom is 0.244 e. The summed E-state index contributed by atoms with van der Waals surface area (Å²) in [7, 11) is 1.72. The minimum Gasteiger partial charge on any atom is -0.493 e. The van der Waals surface area contributed by atoms with Crippen LogP contribution >= 0.6 is 0 Å². The van der Waals surface area contributed by atoms with E-state index in [0.29, 0.717) is 6.04 Å². The number of fused-ring (bicyclic) bond motifs is 1. The molecule has 2 heterocycles. The van der Waals surface area contributed by atoms with E-state index in [2.05, 4.69) is 22.3 Å². The summed E-state index contributed by atoms with van der Waals surface area (Å²) in [6.45, 7) is 2.13. The van der Waals surface area contributed by atoms with E-state index in [1.165, 1.54) is 42.4 Å². The molecule has 37 heavy (non-hydrogen) atoms. The number of hydrogen-bond donors (Lipinski definition) is 2. The van der Waals surface area contributed by atoms with Crippen LogP contribution in [0.25, 0.3) is 0 Å². The van der Waals surface area contributed by atoms with E-state index >= 15 is 0 Å². The number of benzene rings is 1. The molecule has 2 bridgehead atoms. The molecule has 5 fully saturated rings. The molecule has 2 spiro atoms. The van der Waals surface area contributed by atoms with Crippen molar-refractivity contribution in [3.8, 4) is 11.5 Å². The zero-order valence-corrected chi connectivity index (χ0v) is 22.1. The third-order valence-corrected chi connectivity index (χ3v) is 11.7. The second kappa shape index (κ2) is 7.75. The van der Waals surface area contributed by atoms with Crippen LogP contribution in [0.5, 0.6) is 11.5 Å². The van der Waals surface area contributed by atoms with Crippen molar-refractivity contribution in [2.45, 2.75) is 106 Å². The van der Waals surface area contributed by atoms with E-state index in [1.54, 1.807) is 7.11 Å². The number of carbonyl (C=O) groups is 1. The molecule has 0 unspecified atom stereocenters. The average Bonchev–Trinajstić information content (AvgIpc) is 3.41. The maximum absolute atomic E-state index is 13.1. The molecule has 6 heteroatoms. The van der Waals surface area contributed by atoms with Crippen molar-refractivity contribution in [1.29, 1.82) is 0 Å². The Labute approximate surface area is 219 Å². The molecule has 1 aromatic rings. The number of hydrogen-bond acceptors (Lipinski definition) is 5. The van der Waals surface area contributed by atoms with Gasteiger partial charge in [0.25, 0.3) is 0 Å². The van der Waals surface area contributed by atoms with Gasteiger partial charge in [0, 0.05) is 35.7 Å². The molecule has 4 saturated carbocycles. The normalized spacial score (nSPS) is 40.9. The Balaban J connectivity index is 1.22. The summed E-state index contributed by atoms with van der Waals surface area (Å²) in [5, 5.41) is 16.1. The predicted molar refractivity (Wildman–Crippen MR) is 140 cm³/mol. The van der Waals surface area contributed by atoms with E-state index < -0.39 is 11.0 Å². The van der Waals surface area contributed by atoms with Crippen LogP contribution in [0.4, 0.5) is 0 Å². The van der Waals surface area contributed by atoms with E-state index in [1.807, 2.05) is 6.08 Å². The average molecular weight is 505 g/mol. The molecule has 2 N–H and O–H groups in total. The molecular formula is C31H40N2O4. The number of carbonyl (C=O) groups excluding carboxylic acids is 1. The molecule has 1 aromatic carbocycles. The van der Waals surface area contributed by atoms with Gasteiger partial charge in [0.05, 0.1) is 18.1 Å². The molecular weight excluding hydrogens is 464 g/mol. The SMILES string of the molecule is COc1ccc2c3c1O[C@H]1[C@@]4(CC/C4=C\C(=O)NC4CCCC4)CC[C@@]4(O)[C@H](C2)N(CC2CC2)CC[C@]314. The van der Waals surface area contributed by atoms with Gasteiger partial charge >= 0.3 is 0 Å². The van der Waals surface area contributed by atoms with Gasteiger partial charge in [0.2, 0.25) is 5.91 Å². The molecule has 0 radical (unpaired) electrons. The number of ether oxygens (including phenoxy) is 2. The first-order chi connectivity index (χ1) is 18.0. The van der Waals surface area contributed by atoms with Crippen LogP contribution in [-0.2, 0) is 16.6 Å². The summed E-state index contributed by atoms with van der Waals surface area (Å²) in [6.07, 6.45) is 14.5. The number of likely N-dealkylation sites (tertiary alicyclic amines) is 1. The Kier molecular flexibility index (Phi) is 4.80. The first-order valence-electron chi connectivity index (χ1n) is 14.8. The van der Waals surface area contributed by atoms with Crippen LogP contribution in [0.2, 0.25) is 0 Å². The van der Waals surface area contributed by atoms with Crippen LogP contribution in [0.3, 0.4) is 0 Å². The summed E-state index contributed by atoms with van der Waals surface area (Å²) >= 11 is 0. The zero-order chi connectivity index (χ0) is 25.0. The first-order valence-corrected chi connectivity index (χ1v) is 14.8. The number of nitrogens with zero attached hydrogens (tertiary/aromatic N) is 1. The van der Waals surface area contributed by atoms with Gasteiger partial charge in [-0.05, 0) is 88.3 Å². The number of methoxy groups -OCH3 is 1. The fraction of sp³-hybridized carbons (Fsp3) is 0.710. The molecule has 1 amide bonds. The molecule has 6 nitrogen and oxygen atoms in total. The minimum absolute atomic E-state index is 0.0638. The fourth-order valence-electron chi connectivity index (χ4n) is 9.62. The van der Waals surface area contributed by atoms with Gasteiger partial charge < -0.3 is 19.9 Å². The monoisotopic (exact) mass is 504 g/mol. The summed E-state index contributed by atoms with van der Waals surface area (Å²) in [6, 6.07) is 4.75. The van der Waals surface area contributed by atoms with Crippen molar-refractivity contribution >= 4 is 5.91 Å². The second-order valence-corrected chi connectivity index (χ2v) is 13.2. The smallest absolute Gasteiger partial charge is 0.244 e. The number of rotatable bonds is 5. The van der Waals surface area contributed by atoms with Gasteiger partial charge in [-0.1, -0.05) is 24.5 Å². The molecule has 1 saturated heterocycles. The molecule has 5 atom stereocenters. The van der Waals surface area contributed by atoms with Crippen LogP contribution in [0, 0.1) is 11.3 Å². The molecule has 7 aliphatic rings. The van der Waals surface area contributed by atoms with Crippen LogP contribution < -0.4 is 14.8 Å². The highest BCUT2D eigenvalue weighted by molar-refractivity contribution is 5.89. The van der Waals surface area contributed by atoms with Gasteiger partial charge in [-0.3, -0.25) is 9.69 Å². The van der Waals surface area contributed by atoms with Gasteiger partial charge in [-0.2, -0.15) is 0 Å². The second-order valence-electron chi connectivity index (χ2n) is 13.2. The van der Waals surface area contributed by atoms with Crippen molar-refractivity contribution in [1.82, 2.24) is 10.2 Å². The third-order valence-electron chi connectivity index (χ3n) is 11.7. The molecule has 0 aromatic heterocycles. The summed E-state index contributed by atoms with van der Waals surface area (Å²) < 4.78 is 12.8. The van der Waals surface area contributed by atoms with E-state index in [0.717, 1.165) is 81.9 Å². The largest absolute Gasteiger partial charge is 0.493 e. The number of nitrogens with one attached hydrogen (secondary N) is 1. The highest BCUT2D eigenvalue weighted by Gasteiger charge is 2.77. The fourth-order valence-corrected chi connectivity index (χ4v) is 9.62. The van der Waals surface area contributed by atoms with E-state index in [4.69, 9.17) is 9.47 Å². The van der Waals surface area contributed by atoms with E-state index in [-0.39, 0.29) is 23.5 Å². The standard InChI is InChI=1S/C31H40N2O4/c1-36-23-9-8-20-16-24-31(35)13-12-29(11-10-21(29)17-25(34)32-22-4-2-3-5-22)28-30(31,26(20)27(23)37-28)14-15-33(24)18-19-6-7-19/h8-9,17,19,22,24,28,35H,2-7,10-16,18H2,1H3,(H,32,34)/b21-17+/t24-,28-,29-,30-,31+/m0/s1. The number of amides is 1. The lowest BCUT2D eigenvalue weighted by molar-refractivity contribution is -0.218. The van der Waals surface area contributed by atoms with Gasteiger partial charge in [-0.25, -0.2) is 0 Å². The molecule has 5 aliphatic carbocycles. The summed E-state index contributed by atoms with van der Waals surface area (Å²) in [5.41, 5.74) is 2.36. The Hall–Kier alpha value is -2.05. The maximum atomic E-state index is 13.1. The lowest BCUT2D eigenvalue weighted by Crippen LogP contribution is -2.78. The van der Waals surface area contributed by atoms with Crippen LogP contribution in [0.1, 0.15) is 81.8 Å². The summed E-state index contributed by atoms with van der Waals surface area (Å²) in [5.74, 6) is 2.51. The van der Waals surface area contributed by atoms with Crippen molar-refractivity contribution in [3.63, 3.8) is 0 Å². The summed E-state index contributed by atoms with van der Waals surface area (Å²) in [4.78, 5) is 15.7. The lowest BCUT2D eigenvalue weighted by atomic mass is 9.40. The quantitative estimate of drug-likeness (QED) is 0.593. The minimum atomic E-state index is -0.812. The molecule has 8 rings (SSSR count). The van der Waals surface area contributed by atoms with Gasteiger partial charge in [0.15, 0.2) is 11.5 Å². The Bertz CT molecular complexity index is 1190. The van der Waals surface area contributed by atoms with Crippen molar-refractivity contribution in [2.75, 3.05) is 20.2 Å². The van der Waals surface area contributed by atoms with Crippen molar-refractivity contribution in [3.05, 3.63) is 34.9 Å². The molecule has 2 aliphatic heterocycles. The Morgan fingerprint density at radius 3 is 2.76 bits per heavy atom. The van der Waals surface area contributed by atoms with Gasteiger partial charge in [-0.15, -0.1) is 0 Å². The first kappa shape index (κ1) is 22.9. The Morgan fingerprint density at radius 2 is 2.03 bits per heavy atom. The highest BCUT2D eigenvalue weighted by atomic mass is 16.5. The topological polar surface area (TPSA) is 71.0 Å². The zero-order valence-electron chi connectivity index (χ0n) is 22.1. The predicted octanol–water partition coefficient (Wildman–Crippen LogP) is 4.02. The highest BCUT2D eigenvalue weighted by Crippen LogP contribution is 2.73. The Morgan fingerprint density at radius 1 is 1.19 bits per heavy atom. The van der Waals surface area contributed by atoms with Crippen LogP contribution in [0.15, 0.2) is 23.8 Å². The van der Waals surface area contributed by atoms with Crippen molar-refractivity contribution in [2.24, 2.45) is 11.3 Å². The van der Waals surface area contributed by atoms with Crippen molar-refractivity contribution < 1.29 is 19.4 Å². The van der Waals surface area contributed by atoms with E-state index in [9.17, 15) is 9.90 Å². The lowest BCUT2D eigenvalue weighted by Gasteiger charge is -2.68. The van der Waals surface area contributed by atoms with Crippen LogP contribution in [-0.4, -0.2) is 59.9 Å².